The topological polar surface area (TPSA) is 104 Å². The molecular formula is C54H49IN4O5. The monoisotopic (exact) mass is 960 g/mol. The van der Waals surface area contributed by atoms with Gasteiger partial charge in [0.2, 0.25) is 0 Å². The fraction of sp³-hybridized carbons (Fsp3) is 0.185. The second-order valence-corrected chi connectivity index (χ2v) is 16.2. The molecule has 5 heterocycles. The normalized spacial score (nSPS) is 12.0. The molecule has 322 valence electrons. The van der Waals surface area contributed by atoms with Gasteiger partial charge in [0, 0.05) is 54.3 Å². The Morgan fingerprint density at radius 1 is 0.359 bits per heavy atom. The number of fused-ring (bicyclic) bond motifs is 8. The minimum absolute atomic E-state index is 0.361. The first-order valence-electron chi connectivity index (χ1n) is 21.7. The number of halogens is 1. The molecule has 0 aliphatic carbocycles. The summed E-state index contributed by atoms with van der Waals surface area (Å²) >= 11 is 2.29. The first-order valence-corrected chi connectivity index (χ1v) is 23.2. The SMILES string of the molecule is ICCOCCOCCOCCOCCOc1ccccc1-c1c2nc(c(-c3ccccc3)c3ccc([nH]3)c(-c3ccccc3)c3nc(c(-c4ccccc4)c4ccc1[nH]4)C=C3)C=C2. The Kier molecular flexibility index (Phi) is 14.5. The molecule has 0 saturated heterocycles. The molecule has 0 radical (unpaired) electrons. The summed E-state index contributed by atoms with van der Waals surface area (Å²) < 4.78 is 30.1. The van der Waals surface area contributed by atoms with E-state index in [1.54, 1.807) is 0 Å². The van der Waals surface area contributed by atoms with E-state index >= 15 is 0 Å². The van der Waals surface area contributed by atoms with Gasteiger partial charge >= 0.3 is 0 Å². The van der Waals surface area contributed by atoms with Crippen molar-refractivity contribution in [1.82, 2.24) is 19.9 Å². The van der Waals surface area contributed by atoms with Crippen LogP contribution in [0.1, 0.15) is 22.8 Å². The molecule has 8 bridgehead atoms. The molecule has 0 unspecified atom stereocenters. The second-order valence-electron chi connectivity index (χ2n) is 15.1. The van der Waals surface area contributed by atoms with Gasteiger partial charge in [-0.1, -0.05) is 132 Å². The fourth-order valence-corrected chi connectivity index (χ4v) is 8.35. The molecular weight excluding hydrogens is 912 g/mol. The summed E-state index contributed by atoms with van der Waals surface area (Å²) in [6, 6.07) is 48.1. The van der Waals surface area contributed by atoms with E-state index in [1.807, 2.05) is 36.4 Å². The Morgan fingerprint density at radius 2 is 0.703 bits per heavy atom. The van der Waals surface area contributed by atoms with Crippen LogP contribution in [0.5, 0.6) is 5.75 Å². The number of nitrogens with one attached hydrogen (secondary N) is 2. The van der Waals surface area contributed by atoms with Crippen molar-refractivity contribution in [3.8, 4) is 50.3 Å². The van der Waals surface area contributed by atoms with Crippen LogP contribution in [0, 0.1) is 0 Å². The Bertz CT molecular complexity index is 2860. The summed E-state index contributed by atoms with van der Waals surface area (Å²) in [6.07, 6.45) is 8.47. The van der Waals surface area contributed by atoms with E-state index in [0.717, 1.165) is 106 Å². The maximum absolute atomic E-state index is 6.50. The highest BCUT2D eigenvalue weighted by atomic mass is 127. The standard InChI is InChI=1S/C54H49IN4O5/c55-28-29-60-30-31-61-32-33-62-34-35-63-36-37-64-50-19-11-10-18-41(50)54-48-26-24-46(58-48)52(39-14-6-2-7-15-39)44-22-20-42(56-44)51(38-12-4-1-5-13-38)43-21-23-45(57-43)53(40-16-8-3-9-17-40)47-25-27-49(54)59-47/h1-27,56,59H,28-37H2. The molecule has 2 N–H and O–H groups in total. The quantitative estimate of drug-likeness (QED) is 0.0473. The first-order chi connectivity index (χ1) is 31.7. The number of aromatic amines is 2. The molecule has 2 aliphatic heterocycles. The molecule has 10 heteroatoms. The molecule has 0 saturated carbocycles. The first kappa shape index (κ1) is 43.1. The van der Waals surface area contributed by atoms with E-state index in [0.29, 0.717) is 52.9 Å². The van der Waals surface area contributed by atoms with Gasteiger partial charge in [0.05, 0.1) is 75.6 Å². The Labute approximate surface area is 387 Å². The van der Waals surface area contributed by atoms with Crippen molar-refractivity contribution in [2.24, 2.45) is 0 Å². The number of para-hydroxylation sites is 1. The molecule has 2 aliphatic rings. The third-order valence-corrected chi connectivity index (χ3v) is 11.4. The minimum Gasteiger partial charge on any atom is -0.491 e. The van der Waals surface area contributed by atoms with E-state index in [9.17, 15) is 0 Å². The number of nitrogens with zero attached hydrogens (tertiary/aromatic N) is 2. The number of alkyl halides is 1. The molecule has 64 heavy (non-hydrogen) atoms. The number of aromatic nitrogens is 4. The van der Waals surface area contributed by atoms with Crippen LogP contribution >= 0.6 is 22.6 Å². The number of hydrogen-bond donors (Lipinski definition) is 2. The maximum atomic E-state index is 6.50. The van der Waals surface area contributed by atoms with Gasteiger partial charge in [-0.05, 0) is 71.3 Å². The molecule has 9 rings (SSSR count). The third-order valence-electron chi connectivity index (χ3n) is 10.9. The molecule has 3 aromatic heterocycles. The molecule has 0 spiro atoms. The van der Waals surface area contributed by atoms with Gasteiger partial charge in [0.15, 0.2) is 0 Å². The smallest absolute Gasteiger partial charge is 0.127 e. The number of H-pyrrole nitrogens is 2. The molecule has 4 aromatic carbocycles. The molecule has 0 atom stereocenters. The lowest BCUT2D eigenvalue weighted by atomic mass is 10.0. The highest BCUT2D eigenvalue weighted by molar-refractivity contribution is 14.1. The molecule has 9 nitrogen and oxygen atoms in total. The molecule has 0 fully saturated rings. The molecule has 7 aromatic rings. The fourth-order valence-electron chi connectivity index (χ4n) is 8.04. The summed E-state index contributed by atoms with van der Waals surface area (Å²) in [5.41, 5.74) is 15.1. The lowest BCUT2D eigenvalue weighted by Crippen LogP contribution is -2.14. The van der Waals surface area contributed by atoms with E-state index in [-0.39, 0.29) is 0 Å². The van der Waals surface area contributed by atoms with Gasteiger partial charge in [-0.15, -0.1) is 0 Å². The van der Waals surface area contributed by atoms with E-state index in [1.165, 1.54) is 0 Å². The summed E-state index contributed by atoms with van der Waals surface area (Å²) in [6.45, 7) is 4.66. The third kappa shape index (κ3) is 10.1. The van der Waals surface area contributed by atoms with Crippen LogP contribution in [0.25, 0.3) is 90.9 Å². The predicted octanol–water partition coefficient (Wildman–Crippen LogP) is 12.2. The summed E-state index contributed by atoms with van der Waals surface area (Å²) in [4.78, 5) is 18.5. The largest absolute Gasteiger partial charge is 0.491 e. The van der Waals surface area contributed by atoms with Crippen molar-refractivity contribution >= 4 is 69.0 Å². The van der Waals surface area contributed by atoms with Crippen molar-refractivity contribution < 1.29 is 23.7 Å². The van der Waals surface area contributed by atoms with Crippen LogP contribution in [-0.2, 0) is 18.9 Å². The predicted molar refractivity (Wildman–Crippen MR) is 268 cm³/mol. The van der Waals surface area contributed by atoms with Gasteiger partial charge in [0.25, 0.3) is 0 Å². The van der Waals surface area contributed by atoms with Gasteiger partial charge in [0.1, 0.15) is 12.4 Å². The van der Waals surface area contributed by atoms with E-state index in [2.05, 4.69) is 160 Å². The van der Waals surface area contributed by atoms with Crippen LogP contribution in [0.3, 0.4) is 0 Å². The van der Waals surface area contributed by atoms with Crippen LogP contribution in [-0.4, -0.2) is 83.8 Å². The number of ether oxygens (including phenoxy) is 5. The van der Waals surface area contributed by atoms with Gasteiger partial charge in [-0.3, -0.25) is 0 Å². The van der Waals surface area contributed by atoms with Gasteiger partial charge in [-0.25, -0.2) is 9.97 Å². The zero-order valence-electron chi connectivity index (χ0n) is 35.5. The second kappa shape index (κ2) is 21.5. The Balaban J connectivity index is 1.13. The van der Waals surface area contributed by atoms with Crippen molar-refractivity contribution in [2.45, 2.75) is 0 Å². The lowest BCUT2D eigenvalue weighted by molar-refractivity contribution is -0.00306. The van der Waals surface area contributed by atoms with Gasteiger partial charge < -0.3 is 33.7 Å². The van der Waals surface area contributed by atoms with Crippen molar-refractivity contribution in [1.29, 1.82) is 0 Å². The van der Waals surface area contributed by atoms with Crippen molar-refractivity contribution in [3.05, 3.63) is 162 Å². The van der Waals surface area contributed by atoms with Crippen LogP contribution in [0.2, 0.25) is 0 Å². The average Bonchev–Trinajstić information content (AvgIpc) is 4.19. The van der Waals surface area contributed by atoms with Crippen LogP contribution < -0.4 is 4.74 Å². The van der Waals surface area contributed by atoms with Crippen LogP contribution in [0.4, 0.5) is 0 Å². The van der Waals surface area contributed by atoms with Gasteiger partial charge in [-0.2, -0.15) is 0 Å². The Morgan fingerprint density at radius 3 is 1.12 bits per heavy atom. The van der Waals surface area contributed by atoms with E-state index < -0.39 is 0 Å². The van der Waals surface area contributed by atoms with Crippen molar-refractivity contribution in [3.63, 3.8) is 0 Å². The summed E-state index contributed by atoms with van der Waals surface area (Å²) in [5, 5.41) is 0. The zero-order valence-corrected chi connectivity index (χ0v) is 37.6. The van der Waals surface area contributed by atoms with Crippen molar-refractivity contribution in [2.75, 3.05) is 63.9 Å². The summed E-state index contributed by atoms with van der Waals surface area (Å²) in [5.74, 6) is 0.729. The molecule has 0 amide bonds. The number of hydrogen-bond acceptors (Lipinski definition) is 7. The number of benzene rings is 4. The average molecular weight is 961 g/mol. The minimum atomic E-state index is 0.361. The van der Waals surface area contributed by atoms with E-state index in [4.69, 9.17) is 33.7 Å². The highest BCUT2D eigenvalue weighted by Gasteiger charge is 2.20. The number of rotatable bonds is 19. The lowest BCUT2D eigenvalue weighted by Gasteiger charge is -2.13. The van der Waals surface area contributed by atoms with Crippen LogP contribution in [0.15, 0.2) is 140 Å². The summed E-state index contributed by atoms with van der Waals surface area (Å²) in [7, 11) is 0. The Hall–Kier alpha value is -6.15. The highest BCUT2D eigenvalue weighted by Crippen LogP contribution is 2.40. The zero-order chi connectivity index (χ0) is 43.3. The maximum Gasteiger partial charge on any atom is 0.127 e.